The van der Waals surface area contributed by atoms with Crippen LogP contribution >= 0.6 is 0 Å². The van der Waals surface area contributed by atoms with Crippen molar-refractivity contribution in [2.24, 2.45) is 5.92 Å². The summed E-state index contributed by atoms with van der Waals surface area (Å²) in [6.07, 6.45) is -0.611. The maximum Gasteiger partial charge on any atom is 0.411 e. The van der Waals surface area contributed by atoms with Gasteiger partial charge < -0.3 is 9.47 Å². The molecule has 0 unspecified atom stereocenters. The van der Waals surface area contributed by atoms with E-state index in [0.29, 0.717) is 5.69 Å². The summed E-state index contributed by atoms with van der Waals surface area (Å²) in [5.74, 6) is -0.444. The molecule has 0 aromatic heterocycles. The molecule has 9 heteroatoms. The molecule has 134 valence electrons. The first kappa shape index (κ1) is 19.9. The third kappa shape index (κ3) is 6.97. The number of carbonyl (C=O) groups excluding carboxylic acids is 2. The van der Waals surface area contributed by atoms with E-state index in [1.165, 1.54) is 24.3 Å². The van der Waals surface area contributed by atoms with Gasteiger partial charge in [-0.25, -0.2) is 13.2 Å². The monoisotopic (exact) mass is 358 g/mol. The van der Waals surface area contributed by atoms with Crippen molar-refractivity contribution < 1.29 is 27.5 Å². The first-order valence-electron chi connectivity index (χ1n) is 7.43. The summed E-state index contributed by atoms with van der Waals surface area (Å²) in [7, 11) is -3.84. The van der Waals surface area contributed by atoms with E-state index in [9.17, 15) is 18.0 Å². The Morgan fingerprint density at radius 1 is 1.12 bits per heavy atom. The van der Waals surface area contributed by atoms with Crippen LogP contribution in [0.25, 0.3) is 0 Å². The molecule has 8 nitrogen and oxygen atoms in total. The highest BCUT2D eigenvalue weighted by Gasteiger charge is 2.16. The number of carbonyl (C=O) groups is 2. The minimum atomic E-state index is -3.84. The van der Waals surface area contributed by atoms with E-state index in [1.54, 1.807) is 6.92 Å². The van der Waals surface area contributed by atoms with E-state index < -0.39 is 28.6 Å². The predicted molar refractivity (Wildman–Crippen MR) is 88.1 cm³/mol. The van der Waals surface area contributed by atoms with Crippen LogP contribution in [0.2, 0.25) is 0 Å². The molecule has 0 radical (unpaired) electrons. The Labute approximate surface area is 141 Å². The number of rotatable bonds is 8. The van der Waals surface area contributed by atoms with Gasteiger partial charge in [0.2, 0.25) is 10.0 Å². The molecule has 0 atom stereocenters. The van der Waals surface area contributed by atoms with Crippen LogP contribution in [0.4, 0.5) is 10.5 Å². The van der Waals surface area contributed by atoms with Gasteiger partial charge in [0.15, 0.2) is 0 Å². The van der Waals surface area contributed by atoms with Gasteiger partial charge in [0.1, 0.15) is 6.54 Å². The largest absolute Gasteiger partial charge is 0.465 e. The fourth-order valence-corrected chi connectivity index (χ4v) is 2.53. The van der Waals surface area contributed by atoms with Crippen molar-refractivity contribution in [2.75, 3.05) is 25.1 Å². The highest BCUT2D eigenvalue weighted by molar-refractivity contribution is 7.89. The number of esters is 1. The summed E-state index contributed by atoms with van der Waals surface area (Å²) >= 11 is 0. The lowest BCUT2D eigenvalue weighted by atomic mass is 10.2. The zero-order valence-corrected chi connectivity index (χ0v) is 14.7. The quantitative estimate of drug-likeness (QED) is 0.685. The van der Waals surface area contributed by atoms with E-state index in [1.807, 2.05) is 13.8 Å². The molecule has 0 aliphatic heterocycles. The van der Waals surface area contributed by atoms with Gasteiger partial charge in [-0.2, -0.15) is 4.72 Å². The molecule has 1 aromatic rings. The summed E-state index contributed by atoms with van der Waals surface area (Å²) in [5.41, 5.74) is 0.396. The van der Waals surface area contributed by atoms with Crippen molar-refractivity contribution in [1.82, 2.24) is 4.72 Å². The van der Waals surface area contributed by atoms with Crippen molar-refractivity contribution >= 4 is 27.8 Å². The molecule has 2 N–H and O–H groups in total. The van der Waals surface area contributed by atoms with Crippen molar-refractivity contribution in [3.05, 3.63) is 24.3 Å². The second kappa shape index (κ2) is 9.24. The van der Waals surface area contributed by atoms with Crippen LogP contribution in [-0.4, -0.2) is 40.2 Å². The highest BCUT2D eigenvalue weighted by Crippen LogP contribution is 2.14. The Balaban J connectivity index is 2.62. The van der Waals surface area contributed by atoms with Gasteiger partial charge in [-0.3, -0.25) is 10.1 Å². The lowest BCUT2D eigenvalue weighted by molar-refractivity contribution is -0.141. The van der Waals surface area contributed by atoms with Crippen LogP contribution in [0.1, 0.15) is 20.8 Å². The number of nitrogens with one attached hydrogen (secondary N) is 2. The molecule has 0 aliphatic rings. The average Bonchev–Trinajstić information content (AvgIpc) is 2.52. The van der Waals surface area contributed by atoms with Crippen LogP contribution in [-0.2, 0) is 24.3 Å². The molecule has 24 heavy (non-hydrogen) atoms. The van der Waals surface area contributed by atoms with Crippen molar-refractivity contribution in [1.29, 1.82) is 0 Å². The van der Waals surface area contributed by atoms with Gasteiger partial charge in [-0.15, -0.1) is 0 Å². The van der Waals surface area contributed by atoms with Gasteiger partial charge in [-0.05, 0) is 37.1 Å². The van der Waals surface area contributed by atoms with Crippen LogP contribution in [0.15, 0.2) is 29.2 Å². The molecular formula is C15H22N2O6S. The maximum atomic E-state index is 12.0. The van der Waals surface area contributed by atoms with Gasteiger partial charge in [0.05, 0.1) is 18.1 Å². The smallest absolute Gasteiger partial charge is 0.411 e. The minimum Gasteiger partial charge on any atom is -0.465 e. The number of hydrogen-bond donors (Lipinski definition) is 2. The molecule has 0 bridgehead atoms. The van der Waals surface area contributed by atoms with Gasteiger partial charge in [0.25, 0.3) is 0 Å². The van der Waals surface area contributed by atoms with Crippen molar-refractivity contribution in [2.45, 2.75) is 25.7 Å². The maximum absolute atomic E-state index is 12.0. The van der Waals surface area contributed by atoms with Crippen molar-refractivity contribution in [3.8, 4) is 0 Å². The lowest BCUT2D eigenvalue weighted by Gasteiger charge is -2.10. The Kier molecular flexibility index (Phi) is 7.66. The SMILES string of the molecule is CCOC(=O)CNS(=O)(=O)c1ccc(NC(=O)OCC(C)C)cc1. The summed E-state index contributed by atoms with van der Waals surface area (Å²) in [4.78, 5) is 22.7. The molecule has 1 rings (SSSR count). The number of amides is 1. The zero-order valence-electron chi connectivity index (χ0n) is 13.9. The molecule has 1 aromatic carbocycles. The Bertz CT molecular complexity index is 655. The third-order valence-electron chi connectivity index (χ3n) is 2.67. The zero-order chi connectivity index (χ0) is 18.2. The number of anilines is 1. The molecule has 0 spiro atoms. The molecule has 0 saturated heterocycles. The molecular weight excluding hydrogens is 336 g/mol. The Morgan fingerprint density at radius 3 is 2.29 bits per heavy atom. The van der Waals surface area contributed by atoms with Gasteiger partial charge in [0, 0.05) is 5.69 Å². The summed E-state index contributed by atoms with van der Waals surface area (Å²) in [5, 5.41) is 2.49. The second-order valence-electron chi connectivity index (χ2n) is 5.27. The fourth-order valence-electron chi connectivity index (χ4n) is 1.56. The van der Waals surface area contributed by atoms with E-state index in [4.69, 9.17) is 4.74 Å². The van der Waals surface area contributed by atoms with Crippen LogP contribution in [0.3, 0.4) is 0 Å². The molecule has 1 amide bonds. The van der Waals surface area contributed by atoms with Crippen LogP contribution in [0, 0.1) is 5.92 Å². The second-order valence-corrected chi connectivity index (χ2v) is 7.04. The standard InChI is InChI=1S/C15H22N2O6S/c1-4-22-14(18)9-16-24(20,21)13-7-5-12(6-8-13)17-15(19)23-10-11(2)3/h5-8,11,16H,4,9-10H2,1-3H3,(H,17,19). The lowest BCUT2D eigenvalue weighted by Crippen LogP contribution is -2.30. The normalized spacial score (nSPS) is 11.2. The van der Waals surface area contributed by atoms with Crippen molar-refractivity contribution in [3.63, 3.8) is 0 Å². The van der Waals surface area contributed by atoms with E-state index in [-0.39, 0.29) is 24.0 Å². The summed E-state index contributed by atoms with van der Waals surface area (Å²) in [6.45, 7) is 5.47. The Hall–Kier alpha value is -2.13. The van der Waals surface area contributed by atoms with E-state index >= 15 is 0 Å². The molecule has 0 aliphatic carbocycles. The predicted octanol–water partition coefficient (Wildman–Crippen LogP) is 1.73. The van der Waals surface area contributed by atoms with Gasteiger partial charge in [-0.1, -0.05) is 13.8 Å². The summed E-state index contributed by atoms with van der Waals surface area (Å²) in [6, 6.07) is 5.47. The summed E-state index contributed by atoms with van der Waals surface area (Å²) < 4.78 is 35.8. The third-order valence-corrected chi connectivity index (χ3v) is 4.09. The minimum absolute atomic E-state index is 0.0344. The number of hydrogen-bond acceptors (Lipinski definition) is 6. The first-order valence-corrected chi connectivity index (χ1v) is 8.92. The fraction of sp³-hybridized carbons (Fsp3) is 0.467. The van der Waals surface area contributed by atoms with Gasteiger partial charge >= 0.3 is 12.1 Å². The Morgan fingerprint density at radius 2 is 1.75 bits per heavy atom. The molecule has 0 fully saturated rings. The van der Waals surface area contributed by atoms with Crippen LogP contribution < -0.4 is 10.0 Å². The highest BCUT2D eigenvalue weighted by atomic mass is 32.2. The van der Waals surface area contributed by atoms with E-state index in [2.05, 4.69) is 14.8 Å². The molecule has 0 saturated carbocycles. The average molecular weight is 358 g/mol. The van der Waals surface area contributed by atoms with Crippen LogP contribution in [0.5, 0.6) is 0 Å². The molecule has 0 heterocycles. The number of benzene rings is 1. The topological polar surface area (TPSA) is 111 Å². The number of sulfonamides is 1. The van der Waals surface area contributed by atoms with E-state index in [0.717, 1.165) is 0 Å². The first-order chi connectivity index (χ1) is 11.2. The number of ether oxygens (including phenoxy) is 2.